The number of ether oxygens (including phenoxy) is 1. The maximum atomic E-state index is 13.0. The Labute approximate surface area is 172 Å². The minimum Gasteiger partial charge on any atom is -0.478 e. The van der Waals surface area contributed by atoms with Crippen molar-refractivity contribution in [3.63, 3.8) is 0 Å². The number of aromatic nitrogens is 2. The van der Waals surface area contributed by atoms with Gasteiger partial charge >= 0.3 is 23.8 Å². The molecule has 0 radical (unpaired) electrons. The summed E-state index contributed by atoms with van der Waals surface area (Å²) in [4.78, 5) is 48.4. The van der Waals surface area contributed by atoms with E-state index < -0.39 is 40.7 Å². The molecule has 1 atom stereocenters. The van der Waals surface area contributed by atoms with E-state index in [0.29, 0.717) is 4.57 Å². The average molecular weight is 449 g/mol. The third-order valence-corrected chi connectivity index (χ3v) is 4.81. The zero-order chi connectivity index (χ0) is 23.0. The summed E-state index contributed by atoms with van der Waals surface area (Å²) >= 11 is 5.96. The number of nitrogens with zero attached hydrogens (tertiary/aromatic N) is 2. The Bertz CT molecular complexity index is 1140. The Kier molecular flexibility index (Phi) is 6.17. The molecule has 1 N–H and O–H groups in total. The van der Waals surface area contributed by atoms with Crippen LogP contribution in [0.5, 0.6) is 0 Å². The van der Waals surface area contributed by atoms with Gasteiger partial charge in [0.15, 0.2) is 0 Å². The number of rotatable bonds is 5. The highest BCUT2D eigenvalue weighted by Crippen LogP contribution is 2.27. The first-order valence-electron chi connectivity index (χ1n) is 8.40. The first-order valence-corrected chi connectivity index (χ1v) is 8.77. The van der Waals surface area contributed by atoms with Crippen molar-refractivity contribution in [2.75, 3.05) is 0 Å². The topological polar surface area (TPSA) is 108 Å². The van der Waals surface area contributed by atoms with Crippen LogP contribution in [-0.2, 0) is 22.8 Å². The molecule has 0 fully saturated rings. The molecule has 2 aromatic rings. The summed E-state index contributed by atoms with van der Waals surface area (Å²) in [7, 11) is 0.839. The predicted octanol–water partition coefficient (Wildman–Crippen LogP) is 2.62. The molecular formula is C18H16ClF3N2O6. The SMILES string of the molecule is CCC(C)(OC(=O)c1cc(-n2c(=O)cc(C(F)(F)F)n(C)c2=O)ccc1Cl)C(=O)O. The first-order chi connectivity index (χ1) is 13.7. The van der Waals surface area contributed by atoms with Gasteiger partial charge in [-0.25, -0.2) is 19.0 Å². The molecule has 30 heavy (non-hydrogen) atoms. The van der Waals surface area contributed by atoms with E-state index in [1.54, 1.807) is 0 Å². The Hall–Kier alpha value is -3.08. The van der Waals surface area contributed by atoms with Crippen LogP contribution in [0.15, 0.2) is 33.9 Å². The third-order valence-electron chi connectivity index (χ3n) is 4.48. The molecule has 1 unspecified atom stereocenters. The van der Waals surface area contributed by atoms with Crippen LogP contribution in [0.1, 0.15) is 36.3 Å². The Balaban J connectivity index is 2.62. The second-order valence-electron chi connectivity index (χ2n) is 6.49. The summed E-state index contributed by atoms with van der Waals surface area (Å²) < 4.78 is 44.6. The lowest BCUT2D eigenvalue weighted by Crippen LogP contribution is -2.41. The predicted molar refractivity (Wildman–Crippen MR) is 99.0 cm³/mol. The van der Waals surface area contributed by atoms with Gasteiger partial charge in [0.1, 0.15) is 5.69 Å². The van der Waals surface area contributed by atoms with Crippen LogP contribution in [0.3, 0.4) is 0 Å². The second-order valence-corrected chi connectivity index (χ2v) is 6.89. The number of alkyl halides is 3. The minimum absolute atomic E-state index is 0.0652. The number of hydrogen-bond donors (Lipinski definition) is 1. The molecule has 1 aromatic carbocycles. The van der Waals surface area contributed by atoms with Gasteiger partial charge in [0, 0.05) is 13.1 Å². The average Bonchev–Trinajstić information content (AvgIpc) is 2.64. The molecular weight excluding hydrogens is 433 g/mol. The molecule has 0 saturated carbocycles. The highest BCUT2D eigenvalue weighted by Gasteiger charge is 2.37. The van der Waals surface area contributed by atoms with Crippen LogP contribution < -0.4 is 11.2 Å². The number of carbonyl (C=O) groups is 2. The summed E-state index contributed by atoms with van der Waals surface area (Å²) in [6.45, 7) is 2.64. The molecule has 0 aliphatic heterocycles. The summed E-state index contributed by atoms with van der Waals surface area (Å²) in [6, 6.07) is 3.47. The van der Waals surface area contributed by atoms with Gasteiger partial charge in [-0.1, -0.05) is 18.5 Å². The molecule has 12 heteroatoms. The highest BCUT2D eigenvalue weighted by molar-refractivity contribution is 6.33. The number of halogens is 4. The number of carboxylic acid groups (broad SMARTS) is 1. The van der Waals surface area contributed by atoms with Gasteiger partial charge < -0.3 is 9.84 Å². The normalized spacial score (nSPS) is 13.6. The van der Waals surface area contributed by atoms with Crippen molar-refractivity contribution < 1.29 is 32.6 Å². The molecule has 1 heterocycles. The van der Waals surface area contributed by atoms with Crippen molar-refractivity contribution in [2.45, 2.75) is 32.0 Å². The van der Waals surface area contributed by atoms with Crippen molar-refractivity contribution in [2.24, 2.45) is 7.05 Å². The van der Waals surface area contributed by atoms with Gasteiger partial charge in [-0.3, -0.25) is 9.36 Å². The summed E-state index contributed by atoms with van der Waals surface area (Å²) in [5, 5.41) is 9.06. The monoisotopic (exact) mass is 448 g/mol. The van der Waals surface area contributed by atoms with Crippen molar-refractivity contribution in [3.8, 4) is 5.69 Å². The van der Waals surface area contributed by atoms with Crippen molar-refractivity contribution in [1.82, 2.24) is 9.13 Å². The quantitative estimate of drug-likeness (QED) is 0.704. The Morgan fingerprint density at radius 3 is 2.30 bits per heavy atom. The molecule has 1 aromatic heterocycles. The number of aliphatic carboxylic acids is 1. The zero-order valence-electron chi connectivity index (χ0n) is 15.9. The molecule has 0 aliphatic rings. The number of carboxylic acids is 1. The van der Waals surface area contributed by atoms with Gasteiger partial charge in [0.05, 0.1) is 16.3 Å². The third kappa shape index (κ3) is 4.25. The molecule has 0 bridgehead atoms. The lowest BCUT2D eigenvalue weighted by molar-refractivity contribution is -0.157. The second kappa shape index (κ2) is 7.98. The molecule has 0 aliphatic carbocycles. The van der Waals surface area contributed by atoms with E-state index in [0.717, 1.165) is 25.2 Å². The largest absolute Gasteiger partial charge is 0.478 e. The van der Waals surface area contributed by atoms with E-state index in [4.69, 9.17) is 16.3 Å². The van der Waals surface area contributed by atoms with Crippen LogP contribution in [0.2, 0.25) is 5.02 Å². The van der Waals surface area contributed by atoms with Crippen LogP contribution in [0, 0.1) is 0 Å². The lowest BCUT2D eigenvalue weighted by Gasteiger charge is -2.23. The van der Waals surface area contributed by atoms with Crippen LogP contribution in [-0.4, -0.2) is 31.8 Å². The number of esters is 1. The lowest BCUT2D eigenvalue weighted by atomic mass is 10.0. The smallest absolute Gasteiger partial charge is 0.431 e. The highest BCUT2D eigenvalue weighted by atomic mass is 35.5. The minimum atomic E-state index is -4.93. The van der Waals surface area contributed by atoms with E-state index in [9.17, 15) is 37.5 Å². The van der Waals surface area contributed by atoms with Crippen LogP contribution in [0.25, 0.3) is 5.69 Å². The fourth-order valence-corrected chi connectivity index (χ4v) is 2.67. The molecule has 0 amide bonds. The maximum Gasteiger partial charge on any atom is 0.431 e. The summed E-state index contributed by atoms with van der Waals surface area (Å²) in [6.07, 6.45) is -4.99. The zero-order valence-corrected chi connectivity index (χ0v) is 16.7. The van der Waals surface area contributed by atoms with E-state index in [1.807, 2.05) is 0 Å². The van der Waals surface area contributed by atoms with Gasteiger partial charge in [0.2, 0.25) is 5.60 Å². The maximum absolute atomic E-state index is 13.0. The Morgan fingerprint density at radius 1 is 1.20 bits per heavy atom. The number of carbonyl (C=O) groups excluding carboxylic acids is 1. The Morgan fingerprint density at radius 2 is 1.80 bits per heavy atom. The van der Waals surface area contributed by atoms with Gasteiger partial charge in [-0.15, -0.1) is 0 Å². The fraction of sp³-hybridized carbons (Fsp3) is 0.333. The summed E-state index contributed by atoms with van der Waals surface area (Å²) in [5.41, 5.74) is -6.51. The van der Waals surface area contributed by atoms with Gasteiger partial charge in [-0.05, 0) is 31.5 Å². The molecule has 162 valence electrons. The number of benzene rings is 1. The van der Waals surface area contributed by atoms with Crippen molar-refractivity contribution in [3.05, 3.63) is 61.4 Å². The van der Waals surface area contributed by atoms with E-state index in [2.05, 4.69) is 0 Å². The summed E-state index contributed by atoms with van der Waals surface area (Å²) in [5.74, 6) is -2.55. The molecule has 8 nitrogen and oxygen atoms in total. The van der Waals surface area contributed by atoms with E-state index in [1.165, 1.54) is 13.8 Å². The number of hydrogen-bond acceptors (Lipinski definition) is 5. The standard InChI is InChI=1S/C18H16ClF3N2O6/c1-4-17(2,15(27)28)30-14(26)10-7-9(5-6-11(10)19)24-13(25)8-12(18(20,21)22)23(3)16(24)29/h5-8H,4H2,1-3H3,(H,27,28). The van der Waals surface area contributed by atoms with Gasteiger partial charge in [0.25, 0.3) is 5.56 Å². The first kappa shape index (κ1) is 23.2. The molecule has 0 spiro atoms. The molecule has 2 rings (SSSR count). The van der Waals surface area contributed by atoms with Crippen LogP contribution in [0.4, 0.5) is 13.2 Å². The van der Waals surface area contributed by atoms with Crippen LogP contribution >= 0.6 is 11.6 Å². The molecule has 0 saturated heterocycles. The van der Waals surface area contributed by atoms with Crippen molar-refractivity contribution >= 4 is 23.5 Å². The fourth-order valence-electron chi connectivity index (χ4n) is 2.47. The van der Waals surface area contributed by atoms with E-state index in [-0.39, 0.29) is 33.3 Å². The van der Waals surface area contributed by atoms with E-state index >= 15 is 0 Å². The van der Waals surface area contributed by atoms with Crippen molar-refractivity contribution in [1.29, 1.82) is 0 Å². The van der Waals surface area contributed by atoms with Gasteiger partial charge in [-0.2, -0.15) is 13.2 Å².